The van der Waals surface area contributed by atoms with Gasteiger partial charge in [-0.15, -0.1) is 0 Å². The van der Waals surface area contributed by atoms with Crippen LogP contribution in [0, 0.1) is 6.92 Å². The lowest BCUT2D eigenvalue weighted by molar-refractivity contribution is -0.123. The van der Waals surface area contributed by atoms with Crippen LogP contribution >= 0.6 is 24.0 Å². The topological polar surface area (TPSA) is 83.7 Å². The van der Waals surface area contributed by atoms with Gasteiger partial charge in [-0.2, -0.15) is 4.98 Å². The summed E-state index contributed by atoms with van der Waals surface area (Å²) in [5.74, 6) is 0.0331. The number of aryl methyl sites for hydroxylation is 1. The molecule has 0 spiro atoms. The average molecular weight is 554 g/mol. The number of thioether (sulfide) groups is 1. The zero-order valence-corrected chi connectivity index (χ0v) is 23.0. The number of hydrogen-bond acceptors (Lipinski definition) is 8. The van der Waals surface area contributed by atoms with Crippen molar-refractivity contribution in [1.82, 2.24) is 9.88 Å². The molecule has 1 atom stereocenters. The summed E-state index contributed by atoms with van der Waals surface area (Å²) in [6, 6.07) is 16.1. The smallest absolute Gasteiger partial charge is 0.266 e. The Morgan fingerprint density at radius 3 is 2.41 bits per heavy atom. The molecule has 2 fully saturated rings. The molecule has 1 amide bonds. The third-order valence-electron chi connectivity index (χ3n) is 6.57. The highest BCUT2D eigenvalue weighted by molar-refractivity contribution is 8.26. The number of oxazole rings is 1. The normalized spacial score (nSPS) is 18.6. The van der Waals surface area contributed by atoms with Crippen LogP contribution < -0.4 is 4.90 Å². The maximum Gasteiger partial charge on any atom is 0.266 e. The van der Waals surface area contributed by atoms with E-state index in [1.54, 1.807) is 29.2 Å². The number of amides is 1. The summed E-state index contributed by atoms with van der Waals surface area (Å²) in [6.07, 6.45) is 4.46. The highest BCUT2D eigenvalue weighted by atomic mass is 32.2. The highest BCUT2D eigenvalue weighted by Crippen LogP contribution is 2.39. The summed E-state index contributed by atoms with van der Waals surface area (Å²) in [6.45, 7) is 5.19. The Labute approximate surface area is 226 Å². The highest BCUT2D eigenvalue weighted by Gasteiger charge is 2.37. The summed E-state index contributed by atoms with van der Waals surface area (Å²) < 4.78 is 33.7. The SMILES string of the molecule is Cc1ccc(S(=O)(=O)c2nc(C=C3SC(=S)N(C(C)c4ccccc4)C3=O)oc2N2CCCCC2)cc1. The summed E-state index contributed by atoms with van der Waals surface area (Å²) in [4.78, 5) is 21.7. The van der Waals surface area contributed by atoms with E-state index in [-0.39, 0.29) is 33.6 Å². The maximum absolute atomic E-state index is 13.6. The molecule has 2 saturated heterocycles. The Kier molecular flexibility index (Phi) is 7.24. The number of carbonyl (C=O) groups is 1. The molecule has 0 bridgehead atoms. The van der Waals surface area contributed by atoms with Crippen LogP contribution in [0.1, 0.15) is 49.2 Å². The van der Waals surface area contributed by atoms with E-state index in [1.165, 1.54) is 6.08 Å². The Morgan fingerprint density at radius 1 is 1.05 bits per heavy atom. The van der Waals surface area contributed by atoms with Gasteiger partial charge in [-0.1, -0.05) is 72.0 Å². The van der Waals surface area contributed by atoms with Gasteiger partial charge in [-0.25, -0.2) is 8.42 Å². The monoisotopic (exact) mass is 553 g/mol. The number of thiocarbonyl (C=S) groups is 1. The van der Waals surface area contributed by atoms with Gasteiger partial charge in [0.1, 0.15) is 4.32 Å². The van der Waals surface area contributed by atoms with E-state index >= 15 is 0 Å². The van der Waals surface area contributed by atoms with Crippen molar-refractivity contribution < 1.29 is 17.6 Å². The number of carbonyl (C=O) groups excluding carboxylic acids is 1. The minimum absolute atomic E-state index is 0.0686. The third kappa shape index (κ3) is 5.10. The number of aromatic nitrogens is 1. The van der Waals surface area contributed by atoms with Crippen molar-refractivity contribution in [1.29, 1.82) is 0 Å². The molecule has 10 heteroatoms. The van der Waals surface area contributed by atoms with E-state index in [9.17, 15) is 13.2 Å². The molecule has 7 nitrogen and oxygen atoms in total. The molecule has 3 heterocycles. The second-order valence-electron chi connectivity index (χ2n) is 9.16. The fraction of sp³-hybridized carbons (Fsp3) is 0.296. The van der Waals surface area contributed by atoms with Crippen molar-refractivity contribution in [2.24, 2.45) is 0 Å². The van der Waals surface area contributed by atoms with E-state index in [1.807, 2.05) is 49.1 Å². The second kappa shape index (κ2) is 10.4. The fourth-order valence-corrected chi connectivity index (χ4v) is 7.19. The van der Waals surface area contributed by atoms with Crippen LogP contribution in [0.15, 0.2) is 73.8 Å². The van der Waals surface area contributed by atoms with Gasteiger partial charge < -0.3 is 9.32 Å². The third-order valence-corrected chi connectivity index (χ3v) is 9.57. The summed E-state index contributed by atoms with van der Waals surface area (Å²) in [5.41, 5.74) is 1.93. The molecule has 0 saturated carbocycles. The van der Waals surface area contributed by atoms with Gasteiger partial charge in [0.05, 0.1) is 15.8 Å². The zero-order chi connectivity index (χ0) is 26.2. The first-order chi connectivity index (χ1) is 17.8. The average Bonchev–Trinajstić information content (AvgIpc) is 3.46. The van der Waals surface area contributed by atoms with Crippen LogP contribution in [0.4, 0.5) is 5.88 Å². The van der Waals surface area contributed by atoms with Crippen molar-refractivity contribution in [3.63, 3.8) is 0 Å². The molecule has 2 aromatic carbocycles. The van der Waals surface area contributed by atoms with Gasteiger partial charge in [0.25, 0.3) is 5.91 Å². The molecular weight excluding hydrogens is 527 g/mol. The van der Waals surface area contributed by atoms with Gasteiger partial charge in [0, 0.05) is 19.2 Å². The number of sulfone groups is 1. The molecule has 192 valence electrons. The van der Waals surface area contributed by atoms with Crippen molar-refractivity contribution in [2.45, 2.75) is 49.1 Å². The molecule has 2 aliphatic rings. The number of anilines is 1. The Morgan fingerprint density at radius 2 is 1.73 bits per heavy atom. The molecule has 2 aliphatic heterocycles. The largest absolute Gasteiger partial charge is 0.420 e. The van der Waals surface area contributed by atoms with Gasteiger partial charge in [0.15, 0.2) is 0 Å². The lowest BCUT2D eigenvalue weighted by atomic mass is 10.1. The van der Waals surface area contributed by atoms with Gasteiger partial charge in [-0.3, -0.25) is 9.69 Å². The molecule has 1 unspecified atom stereocenters. The van der Waals surface area contributed by atoms with E-state index < -0.39 is 9.84 Å². The standard InChI is InChI=1S/C27H27N3O4S3/c1-18-11-13-21(14-12-18)37(32,33)24-26(29-15-7-4-8-16-29)34-23(28-24)17-22-25(31)30(27(35)36-22)19(2)20-9-5-3-6-10-20/h3,5-6,9-14,17,19H,4,7-8,15-16H2,1-2H3. The van der Waals surface area contributed by atoms with E-state index in [2.05, 4.69) is 4.98 Å². The van der Waals surface area contributed by atoms with Crippen molar-refractivity contribution in [3.8, 4) is 0 Å². The zero-order valence-electron chi connectivity index (χ0n) is 20.6. The van der Waals surface area contributed by atoms with Crippen LogP contribution in [0.2, 0.25) is 0 Å². The van der Waals surface area contributed by atoms with Crippen molar-refractivity contribution in [3.05, 3.63) is 76.5 Å². The quantitative estimate of drug-likeness (QED) is 0.281. The maximum atomic E-state index is 13.6. The molecular formula is C27H27N3O4S3. The van der Waals surface area contributed by atoms with Crippen LogP contribution in [-0.2, 0) is 14.6 Å². The minimum atomic E-state index is -3.94. The minimum Gasteiger partial charge on any atom is -0.420 e. The first kappa shape index (κ1) is 25.7. The molecule has 37 heavy (non-hydrogen) atoms. The predicted octanol–water partition coefficient (Wildman–Crippen LogP) is 5.77. The fourth-order valence-electron chi connectivity index (χ4n) is 4.48. The predicted molar refractivity (Wildman–Crippen MR) is 149 cm³/mol. The number of piperidine rings is 1. The molecule has 0 aliphatic carbocycles. The first-order valence-electron chi connectivity index (χ1n) is 12.2. The van der Waals surface area contributed by atoms with Crippen LogP contribution in [0.3, 0.4) is 0 Å². The molecule has 5 rings (SSSR count). The first-order valence-corrected chi connectivity index (χ1v) is 14.9. The van der Waals surface area contributed by atoms with Gasteiger partial charge in [-0.05, 0) is 50.8 Å². The lowest BCUT2D eigenvalue weighted by Crippen LogP contribution is -2.30. The number of nitrogens with zero attached hydrogens (tertiary/aromatic N) is 3. The number of benzene rings is 2. The summed E-state index contributed by atoms with van der Waals surface area (Å²) in [5, 5.41) is -0.127. The number of hydrogen-bond donors (Lipinski definition) is 0. The van der Waals surface area contributed by atoms with Crippen molar-refractivity contribution in [2.75, 3.05) is 18.0 Å². The van der Waals surface area contributed by atoms with E-state index in [0.29, 0.717) is 22.3 Å². The summed E-state index contributed by atoms with van der Waals surface area (Å²) >= 11 is 6.69. The molecule has 1 aromatic heterocycles. The number of rotatable bonds is 6. The molecule has 3 aromatic rings. The van der Waals surface area contributed by atoms with Gasteiger partial charge in [0.2, 0.25) is 26.6 Å². The van der Waals surface area contributed by atoms with E-state index in [0.717, 1.165) is 42.2 Å². The van der Waals surface area contributed by atoms with E-state index in [4.69, 9.17) is 16.6 Å². The Hall–Kier alpha value is -2.95. The van der Waals surface area contributed by atoms with Gasteiger partial charge >= 0.3 is 0 Å². The molecule has 0 radical (unpaired) electrons. The molecule has 0 N–H and O–H groups in total. The Balaban J connectivity index is 1.51. The van der Waals surface area contributed by atoms with Crippen molar-refractivity contribution >= 4 is 56.0 Å². The lowest BCUT2D eigenvalue weighted by Gasteiger charge is -2.26. The summed E-state index contributed by atoms with van der Waals surface area (Å²) in [7, 11) is -3.94. The van der Waals surface area contributed by atoms with Crippen LogP contribution in [0.25, 0.3) is 6.08 Å². The Bertz CT molecular complexity index is 1460. The van der Waals surface area contributed by atoms with Crippen LogP contribution in [0.5, 0.6) is 0 Å². The van der Waals surface area contributed by atoms with Crippen LogP contribution in [-0.4, -0.2) is 41.6 Å². The second-order valence-corrected chi connectivity index (χ2v) is 12.7.